The van der Waals surface area contributed by atoms with Gasteiger partial charge in [-0.1, -0.05) is 11.6 Å². The maximum atomic E-state index is 12.2. The van der Waals surface area contributed by atoms with E-state index in [1.807, 2.05) is 0 Å². The van der Waals surface area contributed by atoms with Crippen LogP contribution in [0.5, 0.6) is 0 Å². The number of furan rings is 1. The quantitative estimate of drug-likeness (QED) is 0.342. The first-order valence-corrected chi connectivity index (χ1v) is 11.7. The Morgan fingerprint density at radius 2 is 1.74 bits per heavy atom. The zero-order valence-electron chi connectivity index (χ0n) is 16.6. The molecule has 1 aromatic heterocycles. The van der Waals surface area contributed by atoms with Gasteiger partial charge < -0.3 is 19.2 Å². The molecule has 3 N–H and O–H groups in total. The molecule has 0 spiro atoms. The molecular formula is C18H17ClN3NaO6S2. The largest absolute Gasteiger partial charge is 1.00 e. The first kappa shape index (κ1) is 25.7. The Morgan fingerprint density at radius 3 is 2.26 bits per heavy atom. The molecule has 0 saturated carbocycles. The van der Waals surface area contributed by atoms with Crippen LogP contribution in [0.2, 0.25) is 5.02 Å². The molecule has 0 aliphatic carbocycles. The average molecular weight is 494 g/mol. The summed E-state index contributed by atoms with van der Waals surface area (Å²) in [5.41, 5.74) is 0.526. The van der Waals surface area contributed by atoms with Crippen LogP contribution in [0.3, 0.4) is 0 Å². The van der Waals surface area contributed by atoms with E-state index in [2.05, 4.69) is 5.32 Å². The van der Waals surface area contributed by atoms with Crippen molar-refractivity contribution in [2.45, 2.75) is 16.3 Å². The minimum Gasteiger partial charge on any atom is -0.744 e. The van der Waals surface area contributed by atoms with Gasteiger partial charge in [0.2, 0.25) is 10.0 Å². The van der Waals surface area contributed by atoms with Crippen molar-refractivity contribution in [3.63, 3.8) is 0 Å². The average Bonchev–Trinajstić information content (AvgIpc) is 3.18. The summed E-state index contributed by atoms with van der Waals surface area (Å²) in [5, 5.41) is 8.58. The van der Waals surface area contributed by atoms with Crippen LogP contribution in [0.4, 0.5) is 17.1 Å². The predicted octanol–water partition coefficient (Wildman–Crippen LogP) is -0.132. The summed E-state index contributed by atoms with van der Waals surface area (Å²) < 4.78 is 64.9. The monoisotopic (exact) mass is 493 g/mol. The normalized spacial score (nSPS) is 11.6. The molecule has 0 amide bonds. The molecule has 3 aromatic rings. The van der Waals surface area contributed by atoms with Gasteiger partial charge in [-0.15, -0.1) is 0 Å². The van der Waals surface area contributed by atoms with Crippen molar-refractivity contribution >= 4 is 48.8 Å². The van der Waals surface area contributed by atoms with Crippen LogP contribution in [0.1, 0.15) is 5.76 Å². The zero-order chi connectivity index (χ0) is 22.1. The van der Waals surface area contributed by atoms with E-state index in [-0.39, 0.29) is 47.5 Å². The van der Waals surface area contributed by atoms with E-state index in [1.54, 1.807) is 43.4 Å². The summed E-state index contributed by atoms with van der Waals surface area (Å²) in [6.45, 7) is 0.0638. The molecule has 0 aliphatic heterocycles. The Kier molecular flexibility index (Phi) is 8.22. The molecule has 0 aliphatic rings. The van der Waals surface area contributed by atoms with Gasteiger partial charge in [0.1, 0.15) is 20.8 Å². The summed E-state index contributed by atoms with van der Waals surface area (Å²) in [7, 11) is -7.82. The number of hydrogen-bond donors (Lipinski definition) is 2. The number of hydrogen-bond acceptors (Lipinski definition) is 8. The molecule has 3 rings (SSSR count). The number of sulfonamides is 1. The van der Waals surface area contributed by atoms with E-state index in [0.29, 0.717) is 16.5 Å². The van der Waals surface area contributed by atoms with Crippen LogP contribution in [-0.4, -0.2) is 28.4 Å². The van der Waals surface area contributed by atoms with E-state index >= 15 is 0 Å². The number of benzene rings is 2. The third-order valence-electron chi connectivity index (χ3n) is 4.25. The molecule has 0 radical (unpaired) electrons. The Morgan fingerprint density at radius 1 is 1.10 bits per heavy atom. The van der Waals surface area contributed by atoms with Gasteiger partial charge in [-0.3, -0.25) is 0 Å². The molecule has 0 bridgehead atoms. The first-order chi connectivity index (χ1) is 14.0. The van der Waals surface area contributed by atoms with Gasteiger partial charge in [0.25, 0.3) is 0 Å². The van der Waals surface area contributed by atoms with E-state index in [1.165, 1.54) is 17.2 Å². The van der Waals surface area contributed by atoms with Crippen molar-refractivity contribution in [1.29, 1.82) is 0 Å². The molecule has 1 heterocycles. The van der Waals surface area contributed by atoms with E-state index in [9.17, 15) is 21.4 Å². The number of nitrogens with one attached hydrogen (secondary N) is 1. The number of primary sulfonamides is 1. The molecule has 0 fully saturated rings. The van der Waals surface area contributed by atoms with Crippen LogP contribution >= 0.6 is 11.6 Å². The van der Waals surface area contributed by atoms with E-state index in [4.69, 9.17) is 21.2 Å². The number of nitrogens with zero attached hydrogens (tertiary/aromatic N) is 1. The second kappa shape index (κ2) is 9.92. The van der Waals surface area contributed by atoms with Crippen LogP contribution in [-0.2, 0) is 26.7 Å². The molecule has 31 heavy (non-hydrogen) atoms. The van der Waals surface area contributed by atoms with Gasteiger partial charge in [0.05, 0.1) is 29.1 Å². The van der Waals surface area contributed by atoms with Gasteiger partial charge in [-0.25, -0.2) is 22.0 Å². The van der Waals surface area contributed by atoms with Crippen molar-refractivity contribution in [1.82, 2.24) is 0 Å². The molecule has 160 valence electrons. The number of anilines is 3. The number of nitrogens with two attached hydrogens (primary N) is 1. The third kappa shape index (κ3) is 6.24. The predicted molar refractivity (Wildman–Crippen MR) is 111 cm³/mol. The summed E-state index contributed by atoms with van der Waals surface area (Å²) in [4.78, 5) is 0.222. The molecular weight excluding hydrogens is 477 g/mol. The maximum absolute atomic E-state index is 12.2. The summed E-state index contributed by atoms with van der Waals surface area (Å²) >= 11 is 5.90. The zero-order valence-corrected chi connectivity index (χ0v) is 21.0. The fraction of sp³-hybridized carbons (Fsp3) is 0.111. The number of rotatable bonds is 7. The maximum Gasteiger partial charge on any atom is 1.00 e. The van der Waals surface area contributed by atoms with Gasteiger partial charge in [-0.05, 0) is 48.5 Å². The van der Waals surface area contributed by atoms with Gasteiger partial charge >= 0.3 is 29.6 Å². The second-order valence-electron chi connectivity index (χ2n) is 6.28. The van der Waals surface area contributed by atoms with Gasteiger partial charge in [0.15, 0.2) is 0 Å². The Balaban J connectivity index is 0.00000341. The van der Waals surface area contributed by atoms with Crippen LogP contribution in [0.25, 0.3) is 0 Å². The molecule has 0 saturated heterocycles. The van der Waals surface area contributed by atoms with E-state index in [0.717, 1.165) is 6.07 Å². The Hall–Kier alpha value is -1.57. The fourth-order valence-electron chi connectivity index (χ4n) is 2.78. The number of halogens is 1. The summed E-state index contributed by atoms with van der Waals surface area (Å²) in [6, 6.07) is 11.8. The van der Waals surface area contributed by atoms with Crippen molar-refractivity contribution in [2.24, 2.45) is 5.14 Å². The minimum atomic E-state index is -5.02. The molecule has 13 heteroatoms. The molecule has 0 atom stereocenters. The van der Waals surface area contributed by atoms with Crippen LogP contribution in [0.15, 0.2) is 69.0 Å². The van der Waals surface area contributed by atoms with Crippen molar-refractivity contribution < 1.29 is 55.4 Å². The standard InChI is InChI=1S/C18H18ClN3O6S2.Na/c1-22(13-6-4-12(19)5-7-13)16-9-15(21-11-14-3-2-8-28-14)17(30(25,26)27)10-18(16)29(20,23)24;/h2-10,21H,11H2,1H3,(H2,20,23,24)(H,25,26,27);/q;+1/p-1. The summed E-state index contributed by atoms with van der Waals surface area (Å²) in [5.74, 6) is 0.479. The summed E-state index contributed by atoms with van der Waals surface area (Å²) in [6.07, 6.45) is 1.44. The second-order valence-corrected chi connectivity index (χ2v) is 9.60. The fourth-order valence-corrected chi connectivity index (χ4v) is 4.42. The van der Waals surface area contributed by atoms with Crippen molar-refractivity contribution in [3.8, 4) is 0 Å². The Labute approximate surface area is 207 Å². The van der Waals surface area contributed by atoms with Crippen LogP contribution in [0, 0.1) is 0 Å². The third-order valence-corrected chi connectivity index (χ3v) is 6.31. The first-order valence-electron chi connectivity index (χ1n) is 8.39. The van der Waals surface area contributed by atoms with E-state index < -0.39 is 29.9 Å². The molecule has 2 aromatic carbocycles. The molecule has 9 nitrogen and oxygen atoms in total. The van der Waals surface area contributed by atoms with Crippen molar-refractivity contribution in [3.05, 3.63) is 65.6 Å². The van der Waals surface area contributed by atoms with Gasteiger partial charge in [0, 0.05) is 17.8 Å². The SMILES string of the molecule is CN(c1ccc(Cl)cc1)c1cc(NCc2ccco2)c(S(=O)(=O)[O-])cc1S(N)(=O)=O.[Na+]. The minimum absolute atomic E-state index is 0. The Bertz CT molecular complexity index is 1260. The topological polar surface area (TPSA) is 146 Å². The van der Waals surface area contributed by atoms with Gasteiger partial charge in [-0.2, -0.15) is 0 Å². The smallest absolute Gasteiger partial charge is 0.744 e. The molecule has 0 unspecified atom stereocenters. The van der Waals surface area contributed by atoms with Crippen LogP contribution < -0.4 is 44.9 Å². The van der Waals surface area contributed by atoms with Crippen molar-refractivity contribution in [2.75, 3.05) is 17.3 Å².